The molecule has 2 heterocycles. The molecule has 1 aliphatic heterocycles. The van der Waals surface area contributed by atoms with Gasteiger partial charge in [0, 0.05) is 26.2 Å². The van der Waals surface area contributed by atoms with Crippen LogP contribution in [0.15, 0.2) is 18.2 Å². The van der Waals surface area contributed by atoms with Crippen molar-refractivity contribution in [3.05, 3.63) is 23.8 Å². The number of nitrogens with zero attached hydrogens (tertiary/aromatic N) is 4. The highest BCUT2D eigenvalue weighted by molar-refractivity contribution is 5.50. The van der Waals surface area contributed by atoms with Gasteiger partial charge in [-0.3, -0.25) is 4.57 Å². The molecule has 0 amide bonds. The Bertz CT molecular complexity index is 610. The number of hydrogen-bond acceptors (Lipinski definition) is 6. The number of anilines is 2. The summed E-state index contributed by atoms with van der Waals surface area (Å²) in [5.74, 6) is 2.67. The molecule has 0 unspecified atom stereocenters. The molecule has 0 saturated heterocycles. The SMILES string of the molecule is CN(Cc1cccc2c1OCO2)c1nnc(N)n1C. The zero-order valence-electron chi connectivity index (χ0n) is 10.8. The van der Waals surface area contributed by atoms with Gasteiger partial charge in [0.1, 0.15) is 0 Å². The lowest BCUT2D eigenvalue weighted by atomic mass is 10.2. The standard InChI is InChI=1S/C12H15N5O2/c1-16(12-15-14-11(13)17(12)2)6-8-4-3-5-9-10(8)19-7-18-9/h3-5H,6-7H2,1-2H3,(H2,13,14). The zero-order chi connectivity index (χ0) is 13.4. The fraction of sp³-hybridized carbons (Fsp3) is 0.333. The lowest BCUT2D eigenvalue weighted by Gasteiger charge is -2.18. The summed E-state index contributed by atoms with van der Waals surface area (Å²) in [6.45, 7) is 0.908. The molecule has 0 aliphatic carbocycles. The van der Waals surface area contributed by atoms with Crippen molar-refractivity contribution in [1.29, 1.82) is 0 Å². The van der Waals surface area contributed by atoms with Gasteiger partial charge in [-0.25, -0.2) is 0 Å². The number of ether oxygens (including phenoxy) is 2. The van der Waals surface area contributed by atoms with E-state index in [0.29, 0.717) is 18.4 Å². The van der Waals surface area contributed by atoms with Gasteiger partial charge in [-0.1, -0.05) is 12.1 Å². The normalized spacial score (nSPS) is 12.7. The van der Waals surface area contributed by atoms with Crippen molar-refractivity contribution in [3.63, 3.8) is 0 Å². The highest BCUT2D eigenvalue weighted by Crippen LogP contribution is 2.36. The molecule has 0 spiro atoms. The summed E-state index contributed by atoms with van der Waals surface area (Å²) in [7, 11) is 3.76. The lowest BCUT2D eigenvalue weighted by molar-refractivity contribution is 0.173. The van der Waals surface area contributed by atoms with Crippen molar-refractivity contribution in [2.45, 2.75) is 6.54 Å². The van der Waals surface area contributed by atoms with Crippen LogP contribution in [0, 0.1) is 0 Å². The molecule has 7 nitrogen and oxygen atoms in total. The molecule has 19 heavy (non-hydrogen) atoms. The van der Waals surface area contributed by atoms with Crippen LogP contribution in [0.3, 0.4) is 0 Å². The van der Waals surface area contributed by atoms with Crippen LogP contribution in [0.2, 0.25) is 0 Å². The maximum Gasteiger partial charge on any atom is 0.231 e. The third kappa shape index (κ3) is 1.92. The number of benzene rings is 1. The van der Waals surface area contributed by atoms with Gasteiger partial charge in [-0.15, -0.1) is 10.2 Å². The Labute approximate surface area is 110 Å². The largest absolute Gasteiger partial charge is 0.454 e. The van der Waals surface area contributed by atoms with E-state index in [1.54, 1.807) is 4.57 Å². The fourth-order valence-corrected chi connectivity index (χ4v) is 2.11. The first-order chi connectivity index (χ1) is 9.16. The van der Waals surface area contributed by atoms with Crippen molar-refractivity contribution in [2.75, 3.05) is 24.5 Å². The van der Waals surface area contributed by atoms with E-state index in [-0.39, 0.29) is 6.79 Å². The predicted molar refractivity (Wildman–Crippen MR) is 70.1 cm³/mol. The molecule has 0 radical (unpaired) electrons. The number of para-hydroxylation sites is 1. The maximum atomic E-state index is 5.68. The van der Waals surface area contributed by atoms with E-state index in [1.807, 2.05) is 37.2 Å². The summed E-state index contributed by atoms with van der Waals surface area (Å²) in [4.78, 5) is 1.96. The van der Waals surface area contributed by atoms with Crippen molar-refractivity contribution in [2.24, 2.45) is 7.05 Å². The molecule has 0 fully saturated rings. The zero-order valence-corrected chi connectivity index (χ0v) is 10.8. The number of aromatic nitrogens is 3. The van der Waals surface area contributed by atoms with Gasteiger partial charge in [0.05, 0.1) is 0 Å². The second kappa shape index (κ2) is 4.34. The Morgan fingerprint density at radius 3 is 2.95 bits per heavy atom. The Hall–Kier alpha value is -2.44. The Morgan fingerprint density at radius 2 is 2.21 bits per heavy atom. The Kier molecular flexibility index (Phi) is 2.66. The first-order valence-corrected chi connectivity index (χ1v) is 5.90. The third-order valence-electron chi connectivity index (χ3n) is 3.11. The van der Waals surface area contributed by atoms with Crippen LogP contribution >= 0.6 is 0 Å². The highest BCUT2D eigenvalue weighted by atomic mass is 16.7. The van der Waals surface area contributed by atoms with Crippen LogP contribution in [0.1, 0.15) is 5.56 Å². The van der Waals surface area contributed by atoms with Crippen LogP contribution in [0.5, 0.6) is 11.5 Å². The average molecular weight is 261 g/mol. The van der Waals surface area contributed by atoms with Crippen molar-refractivity contribution >= 4 is 11.9 Å². The molecule has 100 valence electrons. The minimum atomic E-state index is 0.271. The number of nitrogens with two attached hydrogens (primary N) is 1. The predicted octanol–water partition coefficient (Wildman–Crippen LogP) is 0.762. The maximum absolute atomic E-state index is 5.68. The van der Waals surface area contributed by atoms with Gasteiger partial charge in [0.2, 0.25) is 18.7 Å². The monoisotopic (exact) mass is 261 g/mol. The van der Waals surface area contributed by atoms with E-state index in [2.05, 4.69) is 10.2 Å². The minimum Gasteiger partial charge on any atom is -0.454 e. The van der Waals surface area contributed by atoms with Crippen molar-refractivity contribution < 1.29 is 9.47 Å². The van der Waals surface area contributed by atoms with Crippen LogP contribution in [-0.2, 0) is 13.6 Å². The molecule has 1 aliphatic rings. The molecule has 0 saturated carbocycles. The molecular weight excluding hydrogens is 246 g/mol. The summed E-state index contributed by atoms with van der Waals surface area (Å²) >= 11 is 0. The van der Waals surface area contributed by atoms with Gasteiger partial charge >= 0.3 is 0 Å². The molecule has 3 rings (SSSR count). The summed E-state index contributed by atoms with van der Waals surface area (Å²) in [5.41, 5.74) is 6.72. The van der Waals surface area contributed by atoms with Gasteiger partial charge in [-0.05, 0) is 6.07 Å². The molecule has 0 atom stereocenters. The van der Waals surface area contributed by atoms with E-state index in [1.165, 1.54) is 0 Å². The van der Waals surface area contributed by atoms with Crippen LogP contribution in [0.4, 0.5) is 11.9 Å². The van der Waals surface area contributed by atoms with Gasteiger partial charge in [0.25, 0.3) is 0 Å². The smallest absolute Gasteiger partial charge is 0.231 e. The van der Waals surface area contributed by atoms with Crippen molar-refractivity contribution in [3.8, 4) is 11.5 Å². The highest BCUT2D eigenvalue weighted by Gasteiger charge is 2.19. The summed E-state index contributed by atoms with van der Waals surface area (Å²) in [5, 5.41) is 7.89. The summed E-state index contributed by atoms with van der Waals surface area (Å²) < 4.78 is 12.6. The first-order valence-electron chi connectivity index (χ1n) is 5.90. The molecular formula is C12H15N5O2. The molecule has 7 heteroatoms. The van der Waals surface area contributed by atoms with E-state index in [0.717, 1.165) is 17.1 Å². The molecule has 1 aromatic heterocycles. The second-order valence-electron chi connectivity index (χ2n) is 4.42. The minimum absolute atomic E-state index is 0.271. The van der Waals surface area contributed by atoms with Gasteiger partial charge < -0.3 is 20.1 Å². The molecule has 2 N–H and O–H groups in total. The van der Waals surface area contributed by atoms with Crippen LogP contribution in [-0.4, -0.2) is 28.6 Å². The molecule has 1 aromatic carbocycles. The van der Waals surface area contributed by atoms with E-state index in [9.17, 15) is 0 Å². The van der Waals surface area contributed by atoms with Crippen LogP contribution in [0.25, 0.3) is 0 Å². The quantitative estimate of drug-likeness (QED) is 0.879. The third-order valence-corrected chi connectivity index (χ3v) is 3.11. The number of fused-ring (bicyclic) bond motifs is 1. The second-order valence-corrected chi connectivity index (χ2v) is 4.42. The number of nitrogen functional groups attached to an aromatic ring is 1. The summed E-state index contributed by atoms with van der Waals surface area (Å²) in [6.07, 6.45) is 0. The van der Waals surface area contributed by atoms with Crippen LogP contribution < -0.4 is 20.1 Å². The topological polar surface area (TPSA) is 78.4 Å². The van der Waals surface area contributed by atoms with E-state index < -0.39 is 0 Å². The lowest BCUT2D eigenvalue weighted by Crippen LogP contribution is -2.20. The van der Waals surface area contributed by atoms with Crippen molar-refractivity contribution in [1.82, 2.24) is 14.8 Å². The molecule has 0 bridgehead atoms. The Balaban J connectivity index is 1.86. The fourth-order valence-electron chi connectivity index (χ4n) is 2.11. The van der Waals surface area contributed by atoms with Gasteiger partial charge in [-0.2, -0.15) is 0 Å². The molecule has 2 aromatic rings. The average Bonchev–Trinajstić information content (AvgIpc) is 2.98. The first kappa shape index (κ1) is 11.6. The van der Waals surface area contributed by atoms with E-state index >= 15 is 0 Å². The number of rotatable bonds is 3. The Morgan fingerprint density at radius 1 is 1.37 bits per heavy atom. The van der Waals surface area contributed by atoms with Gasteiger partial charge in [0.15, 0.2) is 11.5 Å². The summed E-state index contributed by atoms with van der Waals surface area (Å²) in [6, 6.07) is 5.84. The van der Waals surface area contributed by atoms with E-state index in [4.69, 9.17) is 15.2 Å². The number of hydrogen-bond donors (Lipinski definition) is 1.